The number of nitrogens with two attached hydrogens (primary N) is 2. The van der Waals surface area contributed by atoms with Crippen molar-refractivity contribution in [1.82, 2.24) is 0 Å². The summed E-state index contributed by atoms with van der Waals surface area (Å²) in [5, 5.41) is 0. The van der Waals surface area contributed by atoms with Crippen LogP contribution in [-0.4, -0.2) is 17.2 Å². The van der Waals surface area contributed by atoms with Crippen LogP contribution in [0.2, 0.25) is 0 Å². The monoisotopic (exact) mass is 306 g/mol. The first-order valence-corrected chi connectivity index (χ1v) is 8.73. The van der Waals surface area contributed by atoms with E-state index in [1.54, 1.807) is 0 Å². The molecule has 1 aromatic rings. The van der Waals surface area contributed by atoms with Crippen molar-refractivity contribution in [3.8, 4) is 0 Å². The minimum atomic E-state index is -0.776. The van der Waals surface area contributed by atoms with E-state index in [0.717, 1.165) is 31.4 Å². The fourth-order valence-electron chi connectivity index (χ4n) is 3.10. The van der Waals surface area contributed by atoms with Crippen molar-refractivity contribution < 1.29 is 4.79 Å². The van der Waals surface area contributed by atoms with Crippen LogP contribution in [0, 0.1) is 5.92 Å². The van der Waals surface area contributed by atoms with Crippen LogP contribution in [0.1, 0.15) is 51.0 Å². The van der Waals surface area contributed by atoms with Crippen LogP contribution in [0.15, 0.2) is 29.2 Å². The lowest BCUT2D eigenvalue weighted by Crippen LogP contribution is -2.54. The lowest BCUT2D eigenvalue weighted by molar-refractivity contribution is -0.124. The molecule has 0 heterocycles. The zero-order chi connectivity index (χ0) is 15.5. The van der Waals surface area contributed by atoms with Crippen molar-refractivity contribution in [2.75, 3.05) is 5.75 Å². The maximum Gasteiger partial charge on any atom is 0.237 e. The highest BCUT2D eigenvalue weighted by Crippen LogP contribution is 2.37. The third-order valence-electron chi connectivity index (χ3n) is 4.61. The zero-order valence-electron chi connectivity index (χ0n) is 13.0. The average Bonchev–Trinajstić information content (AvgIpc) is 2.82. The first-order chi connectivity index (χ1) is 9.93. The lowest BCUT2D eigenvalue weighted by Gasteiger charge is -2.27. The van der Waals surface area contributed by atoms with E-state index in [-0.39, 0.29) is 11.8 Å². The number of benzene rings is 1. The molecule has 0 saturated heterocycles. The van der Waals surface area contributed by atoms with Crippen molar-refractivity contribution in [3.63, 3.8) is 0 Å². The lowest BCUT2D eigenvalue weighted by atomic mass is 9.85. The molecule has 4 heteroatoms. The molecule has 1 fully saturated rings. The summed E-state index contributed by atoms with van der Waals surface area (Å²) in [6.45, 7) is 4.40. The molecule has 0 aromatic heterocycles. The van der Waals surface area contributed by atoms with Gasteiger partial charge in [0, 0.05) is 4.90 Å². The van der Waals surface area contributed by atoms with E-state index in [1.807, 2.05) is 11.8 Å². The molecule has 21 heavy (non-hydrogen) atoms. The Bertz CT molecular complexity index is 486. The van der Waals surface area contributed by atoms with Crippen LogP contribution in [0.4, 0.5) is 0 Å². The zero-order valence-corrected chi connectivity index (χ0v) is 13.8. The summed E-state index contributed by atoms with van der Waals surface area (Å²) in [6.07, 6.45) is 3.72. The van der Waals surface area contributed by atoms with Crippen molar-refractivity contribution in [2.24, 2.45) is 17.4 Å². The minimum absolute atomic E-state index is 0.234. The largest absolute Gasteiger partial charge is 0.368 e. The molecular formula is C17H26N2OS. The van der Waals surface area contributed by atoms with Gasteiger partial charge in [0.15, 0.2) is 0 Å². The van der Waals surface area contributed by atoms with Gasteiger partial charge in [-0.15, -0.1) is 11.8 Å². The summed E-state index contributed by atoms with van der Waals surface area (Å²) in [5.41, 5.74) is 12.3. The van der Waals surface area contributed by atoms with Crippen LogP contribution in [0.5, 0.6) is 0 Å². The summed E-state index contributed by atoms with van der Waals surface area (Å²) in [5.74, 6) is 1.45. The van der Waals surface area contributed by atoms with E-state index in [2.05, 4.69) is 38.1 Å². The van der Waals surface area contributed by atoms with Gasteiger partial charge in [0.1, 0.15) is 0 Å². The molecule has 3 nitrogen and oxygen atoms in total. The Balaban J connectivity index is 1.85. The van der Waals surface area contributed by atoms with Crippen LogP contribution in [-0.2, 0) is 4.79 Å². The highest BCUT2D eigenvalue weighted by atomic mass is 32.2. The summed E-state index contributed by atoms with van der Waals surface area (Å²) in [6, 6.07) is 8.75. The van der Waals surface area contributed by atoms with E-state index in [0.29, 0.717) is 5.92 Å². The molecule has 1 amide bonds. The molecule has 0 spiro atoms. The van der Waals surface area contributed by atoms with Gasteiger partial charge in [-0.25, -0.2) is 0 Å². The topological polar surface area (TPSA) is 69.1 Å². The standard InChI is InChI=1S/C17H26N2OS/c1-12(2)13-5-7-15(8-6-13)21-11-9-14-4-3-10-17(14,19)16(18)20/h5-8,12,14H,3-4,9-11,19H2,1-2H3,(H2,18,20). The summed E-state index contributed by atoms with van der Waals surface area (Å²) in [4.78, 5) is 12.8. The quantitative estimate of drug-likeness (QED) is 0.792. The normalized spacial score (nSPS) is 25.4. The Kier molecular flexibility index (Phi) is 5.33. The van der Waals surface area contributed by atoms with Crippen LogP contribution in [0.3, 0.4) is 0 Å². The Morgan fingerprint density at radius 1 is 1.38 bits per heavy atom. The van der Waals surface area contributed by atoms with Crippen molar-refractivity contribution >= 4 is 17.7 Å². The molecule has 1 aromatic carbocycles. The molecule has 1 saturated carbocycles. The highest BCUT2D eigenvalue weighted by molar-refractivity contribution is 7.99. The third-order valence-corrected chi connectivity index (χ3v) is 5.66. The third kappa shape index (κ3) is 3.80. The van der Waals surface area contributed by atoms with Crippen molar-refractivity contribution in [1.29, 1.82) is 0 Å². The van der Waals surface area contributed by atoms with Gasteiger partial charge in [-0.2, -0.15) is 0 Å². The Morgan fingerprint density at radius 2 is 2.05 bits per heavy atom. The number of amides is 1. The maximum atomic E-state index is 11.6. The fourth-order valence-corrected chi connectivity index (χ4v) is 4.06. The molecular weight excluding hydrogens is 280 g/mol. The predicted molar refractivity (Wildman–Crippen MR) is 89.3 cm³/mol. The number of thioether (sulfide) groups is 1. The summed E-state index contributed by atoms with van der Waals surface area (Å²) < 4.78 is 0. The second kappa shape index (κ2) is 6.84. The molecule has 0 bridgehead atoms. The fraction of sp³-hybridized carbons (Fsp3) is 0.588. The van der Waals surface area contributed by atoms with E-state index in [1.165, 1.54) is 10.5 Å². The number of rotatable bonds is 6. The van der Waals surface area contributed by atoms with Crippen LogP contribution in [0.25, 0.3) is 0 Å². The van der Waals surface area contributed by atoms with Gasteiger partial charge in [0.25, 0.3) is 0 Å². The number of hydrogen-bond donors (Lipinski definition) is 2. The molecule has 2 rings (SSSR count). The van der Waals surface area contributed by atoms with E-state index in [9.17, 15) is 4.79 Å². The summed E-state index contributed by atoms with van der Waals surface area (Å²) in [7, 11) is 0. The Hall–Kier alpha value is -1.00. The van der Waals surface area contributed by atoms with Gasteiger partial charge in [-0.05, 0) is 54.5 Å². The second-order valence-electron chi connectivity index (χ2n) is 6.35. The first kappa shape index (κ1) is 16.4. The Labute approximate surface area is 131 Å². The first-order valence-electron chi connectivity index (χ1n) is 7.75. The Morgan fingerprint density at radius 3 is 2.62 bits per heavy atom. The van der Waals surface area contributed by atoms with Gasteiger partial charge in [0.05, 0.1) is 5.54 Å². The second-order valence-corrected chi connectivity index (χ2v) is 7.52. The predicted octanol–water partition coefficient (Wildman–Crippen LogP) is 3.28. The van der Waals surface area contributed by atoms with E-state index in [4.69, 9.17) is 11.5 Å². The maximum absolute atomic E-state index is 11.6. The van der Waals surface area contributed by atoms with Crippen LogP contribution >= 0.6 is 11.8 Å². The van der Waals surface area contributed by atoms with Gasteiger partial charge in [-0.3, -0.25) is 4.79 Å². The molecule has 0 aliphatic heterocycles. The van der Waals surface area contributed by atoms with Crippen molar-refractivity contribution in [3.05, 3.63) is 29.8 Å². The van der Waals surface area contributed by atoms with Crippen molar-refractivity contribution in [2.45, 2.75) is 55.9 Å². The number of carbonyl (C=O) groups is 1. The van der Waals surface area contributed by atoms with Gasteiger partial charge >= 0.3 is 0 Å². The van der Waals surface area contributed by atoms with Gasteiger partial charge < -0.3 is 11.5 Å². The average molecular weight is 306 g/mol. The molecule has 0 radical (unpaired) electrons. The molecule has 2 atom stereocenters. The van der Waals surface area contributed by atoms with Gasteiger partial charge in [0.2, 0.25) is 5.91 Å². The van der Waals surface area contributed by atoms with Gasteiger partial charge in [-0.1, -0.05) is 32.4 Å². The van der Waals surface area contributed by atoms with Crippen LogP contribution < -0.4 is 11.5 Å². The molecule has 1 aliphatic rings. The molecule has 1 aliphatic carbocycles. The number of hydrogen-bond acceptors (Lipinski definition) is 3. The highest BCUT2D eigenvalue weighted by Gasteiger charge is 2.43. The number of carbonyl (C=O) groups excluding carboxylic acids is 1. The minimum Gasteiger partial charge on any atom is -0.368 e. The molecule has 4 N–H and O–H groups in total. The molecule has 2 unspecified atom stereocenters. The van der Waals surface area contributed by atoms with E-state index < -0.39 is 5.54 Å². The summed E-state index contributed by atoms with van der Waals surface area (Å²) >= 11 is 1.83. The molecule has 116 valence electrons. The number of primary amides is 1. The SMILES string of the molecule is CC(C)c1ccc(SCCC2CCCC2(N)C(N)=O)cc1. The van der Waals surface area contributed by atoms with E-state index >= 15 is 0 Å². The smallest absolute Gasteiger partial charge is 0.237 e.